The van der Waals surface area contributed by atoms with E-state index in [0.29, 0.717) is 12.1 Å². The zero-order valence-electron chi connectivity index (χ0n) is 17.7. The van der Waals surface area contributed by atoms with Crippen molar-refractivity contribution in [3.05, 3.63) is 54.6 Å². The quantitative estimate of drug-likeness (QED) is 0.678. The van der Waals surface area contributed by atoms with Gasteiger partial charge in [0.25, 0.3) is 5.24 Å². The number of carbonyl (C=O) groups excluding carboxylic acids is 2. The van der Waals surface area contributed by atoms with Crippen LogP contribution in [0.15, 0.2) is 59.5 Å². The van der Waals surface area contributed by atoms with Crippen molar-refractivity contribution >= 4 is 34.3 Å². The number of hydrogen-bond acceptors (Lipinski definition) is 5. The second kappa shape index (κ2) is 11.0. The number of anilines is 2. The topological polar surface area (TPSA) is 55.9 Å². The Kier molecular flexibility index (Phi) is 8.16. The summed E-state index contributed by atoms with van der Waals surface area (Å²) in [7, 11) is 3.44. The molecule has 6 nitrogen and oxygen atoms in total. The van der Waals surface area contributed by atoms with Crippen molar-refractivity contribution < 1.29 is 9.59 Å². The van der Waals surface area contributed by atoms with Crippen molar-refractivity contribution in [2.45, 2.75) is 17.7 Å². The average molecular weight is 427 g/mol. The highest BCUT2D eigenvalue weighted by Crippen LogP contribution is 2.28. The van der Waals surface area contributed by atoms with E-state index >= 15 is 0 Å². The van der Waals surface area contributed by atoms with Gasteiger partial charge in [-0.2, -0.15) is 0 Å². The van der Waals surface area contributed by atoms with Crippen LogP contribution in [-0.4, -0.2) is 67.8 Å². The van der Waals surface area contributed by atoms with E-state index in [1.807, 2.05) is 30.3 Å². The lowest BCUT2D eigenvalue weighted by atomic mass is 10.2. The highest BCUT2D eigenvalue weighted by molar-refractivity contribution is 8.13. The SMILES string of the molecule is CN(C)C(=O)Sc1ccccc1NC(=O)CCCN1CCN(c2ccccc2)CC1. The predicted octanol–water partition coefficient (Wildman–Crippen LogP) is 4.00. The molecule has 0 radical (unpaired) electrons. The summed E-state index contributed by atoms with van der Waals surface area (Å²) in [5.74, 6) is -0.0109. The molecule has 2 aromatic carbocycles. The Balaban J connectivity index is 1.40. The van der Waals surface area contributed by atoms with Gasteiger partial charge in [0, 0.05) is 57.3 Å². The van der Waals surface area contributed by atoms with Crippen molar-refractivity contribution in [3.8, 4) is 0 Å². The van der Waals surface area contributed by atoms with Gasteiger partial charge in [-0.1, -0.05) is 30.3 Å². The first-order valence-electron chi connectivity index (χ1n) is 10.3. The summed E-state index contributed by atoms with van der Waals surface area (Å²) in [6, 6.07) is 17.9. The lowest BCUT2D eigenvalue weighted by molar-refractivity contribution is -0.116. The van der Waals surface area contributed by atoms with Gasteiger partial charge in [0.1, 0.15) is 0 Å². The van der Waals surface area contributed by atoms with Gasteiger partial charge < -0.3 is 15.1 Å². The third kappa shape index (κ3) is 6.50. The maximum Gasteiger partial charge on any atom is 0.286 e. The van der Waals surface area contributed by atoms with E-state index in [9.17, 15) is 9.59 Å². The zero-order chi connectivity index (χ0) is 21.3. The summed E-state index contributed by atoms with van der Waals surface area (Å²) in [5, 5.41) is 2.90. The van der Waals surface area contributed by atoms with Crippen LogP contribution in [0.1, 0.15) is 12.8 Å². The maximum atomic E-state index is 12.4. The molecule has 30 heavy (non-hydrogen) atoms. The molecule has 0 bridgehead atoms. The molecule has 7 heteroatoms. The van der Waals surface area contributed by atoms with Crippen LogP contribution in [0, 0.1) is 0 Å². The number of nitrogens with zero attached hydrogens (tertiary/aromatic N) is 3. The van der Waals surface area contributed by atoms with E-state index in [0.717, 1.165) is 55.8 Å². The molecule has 2 amide bonds. The molecule has 1 aliphatic rings. The van der Waals surface area contributed by atoms with Crippen LogP contribution >= 0.6 is 11.8 Å². The first kappa shape index (κ1) is 22.2. The molecular weight excluding hydrogens is 396 g/mol. The number of benzene rings is 2. The van der Waals surface area contributed by atoms with E-state index < -0.39 is 0 Å². The molecule has 3 rings (SSSR count). The molecule has 0 spiro atoms. The lowest BCUT2D eigenvalue weighted by Gasteiger charge is -2.36. The van der Waals surface area contributed by atoms with Crippen molar-refractivity contribution in [3.63, 3.8) is 0 Å². The summed E-state index contributed by atoms with van der Waals surface area (Å²) in [4.78, 5) is 31.5. The fourth-order valence-electron chi connectivity index (χ4n) is 3.39. The summed E-state index contributed by atoms with van der Waals surface area (Å²) < 4.78 is 0. The van der Waals surface area contributed by atoms with Crippen LogP contribution < -0.4 is 10.2 Å². The molecule has 1 fully saturated rings. The van der Waals surface area contributed by atoms with Crippen LogP contribution in [0.4, 0.5) is 16.2 Å². The van der Waals surface area contributed by atoms with E-state index in [1.165, 1.54) is 10.6 Å². The van der Waals surface area contributed by atoms with Crippen LogP contribution in [0.5, 0.6) is 0 Å². The van der Waals surface area contributed by atoms with E-state index in [1.54, 1.807) is 14.1 Å². The second-order valence-corrected chi connectivity index (χ2v) is 8.57. The molecule has 0 aliphatic carbocycles. The summed E-state index contributed by atoms with van der Waals surface area (Å²) in [6.07, 6.45) is 1.29. The first-order valence-corrected chi connectivity index (χ1v) is 11.1. The highest BCUT2D eigenvalue weighted by atomic mass is 32.2. The third-order valence-corrected chi connectivity index (χ3v) is 6.21. The van der Waals surface area contributed by atoms with E-state index in [-0.39, 0.29) is 11.1 Å². The van der Waals surface area contributed by atoms with Crippen molar-refractivity contribution in [1.82, 2.24) is 9.80 Å². The molecule has 0 unspecified atom stereocenters. The summed E-state index contributed by atoms with van der Waals surface area (Å²) >= 11 is 1.12. The van der Waals surface area contributed by atoms with Crippen molar-refractivity contribution in [2.24, 2.45) is 0 Å². The number of para-hydroxylation sites is 2. The van der Waals surface area contributed by atoms with Gasteiger partial charge in [-0.05, 0) is 49.0 Å². The fraction of sp³-hybridized carbons (Fsp3) is 0.391. The standard InChI is InChI=1S/C23H30N4O2S/c1-25(2)23(29)30-21-12-7-6-11-20(21)24-22(28)13-8-14-26-15-17-27(18-16-26)19-9-4-3-5-10-19/h3-7,9-12H,8,13-18H2,1-2H3,(H,24,28). The number of nitrogens with one attached hydrogen (secondary N) is 1. The lowest BCUT2D eigenvalue weighted by Crippen LogP contribution is -2.46. The van der Waals surface area contributed by atoms with Crippen molar-refractivity contribution in [1.29, 1.82) is 0 Å². The molecule has 1 saturated heterocycles. The normalized spacial score (nSPS) is 14.4. The molecule has 1 aliphatic heterocycles. The number of piperazine rings is 1. The Morgan fingerprint density at radius 2 is 1.63 bits per heavy atom. The molecule has 160 valence electrons. The minimum atomic E-state index is -0.0636. The molecule has 0 aromatic heterocycles. The minimum Gasteiger partial charge on any atom is -0.369 e. The summed E-state index contributed by atoms with van der Waals surface area (Å²) in [6.45, 7) is 4.98. The molecule has 0 saturated carbocycles. The molecule has 2 aromatic rings. The Bertz CT molecular complexity index is 836. The zero-order valence-corrected chi connectivity index (χ0v) is 18.5. The van der Waals surface area contributed by atoms with Crippen LogP contribution in [0.25, 0.3) is 0 Å². The van der Waals surface area contributed by atoms with Crippen LogP contribution in [0.2, 0.25) is 0 Å². The molecule has 1 heterocycles. The summed E-state index contributed by atoms with van der Waals surface area (Å²) in [5.41, 5.74) is 1.97. The molecular formula is C23H30N4O2S. The van der Waals surface area contributed by atoms with Gasteiger partial charge in [-0.3, -0.25) is 14.5 Å². The monoisotopic (exact) mass is 426 g/mol. The number of amides is 2. The van der Waals surface area contributed by atoms with Gasteiger partial charge in [-0.15, -0.1) is 0 Å². The Hall–Kier alpha value is -2.51. The number of thioether (sulfide) groups is 1. The van der Waals surface area contributed by atoms with Gasteiger partial charge in [-0.25, -0.2) is 0 Å². The maximum absolute atomic E-state index is 12.4. The highest BCUT2D eigenvalue weighted by Gasteiger charge is 2.17. The number of carbonyl (C=O) groups is 2. The first-order chi connectivity index (χ1) is 14.5. The van der Waals surface area contributed by atoms with Crippen LogP contribution in [0.3, 0.4) is 0 Å². The molecule has 1 N–H and O–H groups in total. The largest absolute Gasteiger partial charge is 0.369 e. The fourth-order valence-corrected chi connectivity index (χ4v) is 4.14. The van der Waals surface area contributed by atoms with Crippen molar-refractivity contribution in [2.75, 3.05) is 57.0 Å². The van der Waals surface area contributed by atoms with Gasteiger partial charge in [0.2, 0.25) is 5.91 Å². The van der Waals surface area contributed by atoms with Crippen LogP contribution in [-0.2, 0) is 4.79 Å². The van der Waals surface area contributed by atoms with Gasteiger partial charge in [0.05, 0.1) is 5.69 Å². The average Bonchev–Trinajstić information content (AvgIpc) is 2.76. The predicted molar refractivity (Wildman–Crippen MR) is 124 cm³/mol. The second-order valence-electron chi connectivity index (χ2n) is 7.57. The van der Waals surface area contributed by atoms with E-state index in [2.05, 4.69) is 39.4 Å². The number of hydrogen-bond donors (Lipinski definition) is 1. The van der Waals surface area contributed by atoms with E-state index in [4.69, 9.17) is 0 Å². The Morgan fingerprint density at radius 3 is 2.33 bits per heavy atom. The van der Waals surface area contributed by atoms with Gasteiger partial charge in [0.15, 0.2) is 0 Å². The third-order valence-electron chi connectivity index (χ3n) is 5.10. The van der Waals surface area contributed by atoms with Gasteiger partial charge >= 0.3 is 0 Å². The minimum absolute atomic E-state index is 0.0109. The Labute approximate surface area is 183 Å². The molecule has 0 atom stereocenters. The Morgan fingerprint density at radius 1 is 0.967 bits per heavy atom. The number of rotatable bonds is 7. The smallest absolute Gasteiger partial charge is 0.286 e.